The number of nitrogens with zero attached hydrogens (tertiary/aromatic N) is 2. The van der Waals surface area contributed by atoms with Crippen molar-refractivity contribution in [3.8, 4) is 0 Å². The fourth-order valence-corrected chi connectivity index (χ4v) is 1.92. The molecule has 2 aromatic heterocycles. The maximum absolute atomic E-state index is 12.0. The average molecular weight is 255 g/mol. The number of hydrogen-bond acceptors (Lipinski definition) is 3. The molecule has 0 saturated heterocycles. The molecular weight excluding hydrogens is 242 g/mol. The van der Waals surface area contributed by atoms with Gasteiger partial charge in [0.15, 0.2) is 0 Å². The third-order valence-electron chi connectivity index (χ3n) is 3.08. The second-order valence-electron chi connectivity index (χ2n) is 4.37. The van der Waals surface area contributed by atoms with Gasteiger partial charge < -0.3 is 5.32 Å². The van der Waals surface area contributed by atoms with Crippen LogP contribution in [0.3, 0.4) is 0 Å². The summed E-state index contributed by atoms with van der Waals surface area (Å²) >= 11 is 0. The molecule has 0 aliphatic heterocycles. The van der Waals surface area contributed by atoms with Crippen LogP contribution in [-0.4, -0.2) is 26.3 Å². The molecule has 0 spiro atoms. The number of rotatable bonds is 3. The maximum atomic E-state index is 12.0. The quantitative estimate of drug-likeness (QED) is 0.663. The van der Waals surface area contributed by atoms with Gasteiger partial charge in [0, 0.05) is 28.8 Å². The van der Waals surface area contributed by atoms with E-state index in [-0.39, 0.29) is 5.91 Å². The van der Waals surface area contributed by atoms with Crippen molar-refractivity contribution < 1.29 is 4.79 Å². The Morgan fingerprint density at radius 3 is 2.89 bits per heavy atom. The average Bonchev–Trinajstić information content (AvgIpc) is 3.03. The molecule has 96 valence electrons. The Hall–Kier alpha value is -2.63. The van der Waals surface area contributed by atoms with E-state index in [1.54, 1.807) is 18.5 Å². The number of nitrogens with one attached hydrogen (secondary N) is 3. The van der Waals surface area contributed by atoms with Crippen molar-refractivity contribution in [2.24, 2.45) is 0 Å². The van der Waals surface area contributed by atoms with Crippen LogP contribution in [0, 0.1) is 6.92 Å². The first-order valence-corrected chi connectivity index (χ1v) is 5.94. The van der Waals surface area contributed by atoms with Gasteiger partial charge in [-0.3, -0.25) is 15.0 Å². The molecule has 3 rings (SSSR count). The summed E-state index contributed by atoms with van der Waals surface area (Å²) in [5.41, 5.74) is 3.49. The number of aryl methyl sites for hydroxylation is 1. The normalized spacial score (nSPS) is 10.8. The molecule has 3 aromatic rings. The Morgan fingerprint density at radius 1 is 1.26 bits per heavy atom. The molecule has 2 heterocycles. The zero-order valence-corrected chi connectivity index (χ0v) is 10.4. The molecule has 19 heavy (non-hydrogen) atoms. The molecule has 0 atom stereocenters. The minimum absolute atomic E-state index is 0.108. The summed E-state index contributed by atoms with van der Waals surface area (Å²) in [6, 6.07) is 5.44. The molecule has 3 N–H and O–H groups in total. The van der Waals surface area contributed by atoms with Gasteiger partial charge in [-0.15, -0.1) is 0 Å². The van der Waals surface area contributed by atoms with Crippen LogP contribution in [0.5, 0.6) is 0 Å². The molecule has 0 radical (unpaired) electrons. The topological polar surface area (TPSA) is 86.5 Å². The highest BCUT2D eigenvalue weighted by Crippen LogP contribution is 2.13. The molecule has 0 unspecified atom stereocenters. The number of aromatic nitrogens is 4. The van der Waals surface area contributed by atoms with Crippen molar-refractivity contribution in [2.45, 2.75) is 13.5 Å². The van der Waals surface area contributed by atoms with E-state index < -0.39 is 0 Å². The van der Waals surface area contributed by atoms with Crippen LogP contribution in [0.25, 0.3) is 10.9 Å². The van der Waals surface area contributed by atoms with Gasteiger partial charge in [-0.25, -0.2) is 0 Å². The third-order valence-corrected chi connectivity index (χ3v) is 3.08. The van der Waals surface area contributed by atoms with Gasteiger partial charge in [0.25, 0.3) is 5.91 Å². The van der Waals surface area contributed by atoms with Gasteiger partial charge in [-0.2, -0.15) is 10.2 Å². The predicted molar refractivity (Wildman–Crippen MR) is 70.6 cm³/mol. The number of aromatic amines is 2. The van der Waals surface area contributed by atoms with E-state index in [1.807, 2.05) is 19.1 Å². The Morgan fingerprint density at radius 2 is 2.11 bits per heavy atom. The van der Waals surface area contributed by atoms with Gasteiger partial charge in [-0.1, -0.05) is 0 Å². The lowest BCUT2D eigenvalue weighted by Gasteiger charge is -2.04. The summed E-state index contributed by atoms with van der Waals surface area (Å²) in [5.74, 6) is -0.108. The lowest BCUT2D eigenvalue weighted by atomic mass is 10.1. The first-order valence-electron chi connectivity index (χ1n) is 5.94. The van der Waals surface area contributed by atoms with Crippen molar-refractivity contribution in [3.63, 3.8) is 0 Å². The van der Waals surface area contributed by atoms with Crippen LogP contribution in [0.4, 0.5) is 0 Å². The number of benzene rings is 1. The lowest BCUT2D eigenvalue weighted by molar-refractivity contribution is 0.0951. The van der Waals surface area contributed by atoms with Crippen LogP contribution in [0.2, 0.25) is 0 Å². The highest BCUT2D eigenvalue weighted by atomic mass is 16.1. The monoisotopic (exact) mass is 255 g/mol. The number of hydrogen-bond donors (Lipinski definition) is 3. The maximum Gasteiger partial charge on any atom is 0.251 e. The smallest absolute Gasteiger partial charge is 0.251 e. The van der Waals surface area contributed by atoms with Gasteiger partial charge in [0.05, 0.1) is 17.9 Å². The van der Waals surface area contributed by atoms with Gasteiger partial charge in [-0.05, 0) is 25.1 Å². The van der Waals surface area contributed by atoms with Crippen LogP contribution >= 0.6 is 0 Å². The van der Waals surface area contributed by atoms with E-state index in [0.717, 1.165) is 22.2 Å². The van der Waals surface area contributed by atoms with Gasteiger partial charge in [0.1, 0.15) is 0 Å². The van der Waals surface area contributed by atoms with Crippen LogP contribution in [0.15, 0.2) is 30.6 Å². The molecule has 0 aliphatic rings. The molecule has 6 nitrogen and oxygen atoms in total. The van der Waals surface area contributed by atoms with E-state index in [0.29, 0.717) is 12.1 Å². The summed E-state index contributed by atoms with van der Waals surface area (Å²) in [6.45, 7) is 2.39. The number of carbonyl (C=O) groups is 1. The zero-order valence-electron chi connectivity index (χ0n) is 10.4. The summed E-state index contributed by atoms with van der Waals surface area (Å²) in [5, 5.41) is 17.3. The number of fused-ring (bicyclic) bond motifs is 1. The molecule has 0 fully saturated rings. The molecule has 0 saturated carbocycles. The Kier molecular flexibility index (Phi) is 2.75. The number of carbonyl (C=O) groups excluding carboxylic acids is 1. The van der Waals surface area contributed by atoms with E-state index in [4.69, 9.17) is 0 Å². The molecule has 0 bridgehead atoms. The fourth-order valence-electron chi connectivity index (χ4n) is 1.92. The van der Waals surface area contributed by atoms with E-state index in [1.165, 1.54) is 0 Å². The van der Waals surface area contributed by atoms with Gasteiger partial charge >= 0.3 is 0 Å². The molecule has 0 aliphatic carbocycles. The number of H-pyrrole nitrogens is 2. The highest BCUT2D eigenvalue weighted by Gasteiger charge is 2.08. The third kappa shape index (κ3) is 2.20. The van der Waals surface area contributed by atoms with E-state index in [2.05, 4.69) is 25.7 Å². The lowest BCUT2D eigenvalue weighted by Crippen LogP contribution is -2.22. The molecule has 1 aromatic carbocycles. The first kappa shape index (κ1) is 11.5. The second kappa shape index (κ2) is 4.56. The zero-order chi connectivity index (χ0) is 13.2. The second-order valence-corrected chi connectivity index (χ2v) is 4.37. The first-order chi connectivity index (χ1) is 9.24. The minimum atomic E-state index is -0.108. The summed E-state index contributed by atoms with van der Waals surface area (Å²) < 4.78 is 0. The molecule has 6 heteroatoms. The Bertz CT molecular complexity index is 727. The highest BCUT2D eigenvalue weighted by molar-refractivity contribution is 5.97. The van der Waals surface area contributed by atoms with Crippen molar-refractivity contribution in [2.75, 3.05) is 0 Å². The fraction of sp³-hybridized carbons (Fsp3) is 0.154. The summed E-state index contributed by atoms with van der Waals surface area (Å²) in [6.07, 6.45) is 3.42. The molecular formula is C13H13N5O. The van der Waals surface area contributed by atoms with E-state index in [9.17, 15) is 4.79 Å². The van der Waals surface area contributed by atoms with Crippen molar-refractivity contribution in [3.05, 3.63) is 47.4 Å². The molecule has 1 amide bonds. The summed E-state index contributed by atoms with van der Waals surface area (Å²) in [7, 11) is 0. The van der Waals surface area contributed by atoms with Crippen molar-refractivity contribution >= 4 is 16.8 Å². The van der Waals surface area contributed by atoms with E-state index >= 15 is 0 Å². The standard InChI is InChI=1S/C13H13N5O/c1-8-11(7-15-17-8)5-14-13(19)9-2-3-12-10(4-9)6-16-18-12/h2-4,6-7H,5H2,1H3,(H,14,19)(H,15,17)(H,16,18). The van der Waals surface area contributed by atoms with Crippen LogP contribution in [-0.2, 0) is 6.54 Å². The van der Waals surface area contributed by atoms with Gasteiger partial charge in [0.2, 0.25) is 0 Å². The minimum Gasteiger partial charge on any atom is -0.348 e. The summed E-state index contributed by atoms with van der Waals surface area (Å²) in [4.78, 5) is 12.0. The Labute approximate surface area is 109 Å². The van der Waals surface area contributed by atoms with Crippen LogP contribution < -0.4 is 5.32 Å². The Balaban J connectivity index is 1.74. The number of amides is 1. The van der Waals surface area contributed by atoms with Crippen LogP contribution in [0.1, 0.15) is 21.6 Å². The SMILES string of the molecule is Cc1[nH]ncc1CNC(=O)c1ccc2[nH]ncc2c1. The van der Waals surface area contributed by atoms with Crippen molar-refractivity contribution in [1.82, 2.24) is 25.7 Å². The van der Waals surface area contributed by atoms with Crippen molar-refractivity contribution in [1.29, 1.82) is 0 Å². The predicted octanol–water partition coefficient (Wildman–Crippen LogP) is 1.52. The largest absolute Gasteiger partial charge is 0.348 e.